The van der Waals surface area contributed by atoms with Crippen molar-refractivity contribution in [1.82, 2.24) is 4.90 Å². The first-order valence-electron chi connectivity index (χ1n) is 6.20. The number of methoxy groups -OCH3 is 1. The van der Waals surface area contributed by atoms with Crippen LogP contribution in [0.15, 0.2) is 24.3 Å². The van der Waals surface area contributed by atoms with E-state index in [4.69, 9.17) is 0 Å². The van der Waals surface area contributed by atoms with Gasteiger partial charge in [0.05, 0.1) is 7.11 Å². The summed E-state index contributed by atoms with van der Waals surface area (Å²) < 4.78 is 4.58. The van der Waals surface area contributed by atoms with E-state index >= 15 is 0 Å². The molecule has 0 aliphatic heterocycles. The van der Waals surface area contributed by atoms with Gasteiger partial charge in [-0.1, -0.05) is 38.1 Å². The molecule has 1 unspecified atom stereocenters. The fourth-order valence-corrected chi connectivity index (χ4v) is 1.87. The van der Waals surface area contributed by atoms with Gasteiger partial charge in [-0.15, -0.1) is 0 Å². The lowest BCUT2D eigenvalue weighted by Crippen LogP contribution is -2.24. The number of hydrogen-bond donors (Lipinski definition) is 1. The molecule has 0 saturated heterocycles. The third-order valence-corrected chi connectivity index (χ3v) is 3.06. The Morgan fingerprint density at radius 2 is 1.94 bits per heavy atom. The molecular formula is C14H21NO3. The molecule has 0 amide bonds. The fraction of sp³-hybridized carbons (Fsp3) is 0.500. The maximum absolute atomic E-state index is 11.4. The van der Waals surface area contributed by atoms with Crippen molar-refractivity contribution in [1.29, 1.82) is 0 Å². The molecule has 1 atom stereocenters. The molecule has 18 heavy (non-hydrogen) atoms. The van der Waals surface area contributed by atoms with Crippen molar-refractivity contribution in [2.75, 3.05) is 20.2 Å². The normalized spacial score (nSPS) is 12.5. The molecule has 0 saturated carbocycles. The number of hydrogen-bond acceptors (Lipinski definition) is 4. The van der Waals surface area contributed by atoms with Crippen LogP contribution in [0.5, 0.6) is 0 Å². The molecule has 4 nitrogen and oxygen atoms in total. The van der Waals surface area contributed by atoms with Gasteiger partial charge in [-0.2, -0.15) is 0 Å². The van der Waals surface area contributed by atoms with Crippen LogP contribution in [0.1, 0.15) is 31.1 Å². The maximum atomic E-state index is 11.4. The van der Waals surface area contributed by atoms with Crippen molar-refractivity contribution in [3.8, 4) is 0 Å². The molecule has 0 bridgehead atoms. The Labute approximate surface area is 108 Å². The summed E-state index contributed by atoms with van der Waals surface area (Å²) in [6.45, 7) is 6.75. The Morgan fingerprint density at radius 1 is 1.33 bits per heavy atom. The Hall–Kier alpha value is -1.39. The Balaban J connectivity index is 2.95. The van der Waals surface area contributed by atoms with Crippen molar-refractivity contribution >= 4 is 5.97 Å². The number of ether oxygens (including phenoxy) is 1. The van der Waals surface area contributed by atoms with Crippen molar-refractivity contribution in [3.05, 3.63) is 35.4 Å². The highest BCUT2D eigenvalue weighted by atomic mass is 16.5. The maximum Gasteiger partial charge on any atom is 0.339 e. The first kappa shape index (κ1) is 14.7. The molecule has 0 radical (unpaired) electrons. The minimum atomic E-state index is -1.21. The lowest BCUT2D eigenvalue weighted by molar-refractivity contribution is -0.150. The average molecular weight is 251 g/mol. The molecule has 0 fully saturated rings. The second kappa shape index (κ2) is 7.13. The van der Waals surface area contributed by atoms with Gasteiger partial charge < -0.3 is 9.84 Å². The number of rotatable bonds is 6. The topological polar surface area (TPSA) is 49.8 Å². The largest absolute Gasteiger partial charge is 0.467 e. The minimum Gasteiger partial charge on any atom is -0.467 e. The molecule has 1 N–H and O–H groups in total. The van der Waals surface area contributed by atoms with E-state index in [1.54, 1.807) is 6.07 Å². The third kappa shape index (κ3) is 3.55. The van der Waals surface area contributed by atoms with E-state index in [1.807, 2.05) is 18.2 Å². The first-order chi connectivity index (χ1) is 8.63. The van der Waals surface area contributed by atoms with Gasteiger partial charge >= 0.3 is 5.97 Å². The standard InChI is InChI=1S/C14H21NO3/c1-4-15(5-2)10-11-8-6-7-9-12(11)13(16)14(17)18-3/h6-9,13,16H,4-5,10H2,1-3H3. The van der Waals surface area contributed by atoms with Crippen LogP contribution in [-0.2, 0) is 16.1 Å². The van der Waals surface area contributed by atoms with Crippen LogP contribution in [0.4, 0.5) is 0 Å². The molecule has 4 heteroatoms. The summed E-state index contributed by atoms with van der Waals surface area (Å²) in [4.78, 5) is 13.6. The fourth-order valence-electron chi connectivity index (χ4n) is 1.87. The van der Waals surface area contributed by atoms with Crippen molar-refractivity contribution in [2.45, 2.75) is 26.5 Å². The van der Waals surface area contributed by atoms with Crippen LogP contribution >= 0.6 is 0 Å². The second-order valence-corrected chi connectivity index (χ2v) is 4.09. The summed E-state index contributed by atoms with van der Waals surface area (Å²) in [7, 11) is 1.28. The molecule has 1 rings (SSSR count). The number of benzene rings is 1. The smallest absolute Gasteiger partial charge is 0.339 e. The molecule has 0 spiro atoms. The van der Waals surface area contributed by atoms with Gasteiger partial charge in [0.1, 0.15) is 0 Å². The van der Waals surface area contributed by atoms with E-state index in [0.29, 0.717) is 5.56 Å². The van der Waals surface area contributed by atoms with Crippen LogP contribution in [0.2, 0.25) is 0 Å². The molecule has 0 aliphatic carbocycles. The van der Waals surface area contributed by atoms with Crippen LogP contribution in [0.25, 0.3) is 0 Å². The molecule has 0 aliphatic rings. The van der Waals surface area contributed by atoms with E-state index in [0.717, 1.165) is 25.2 Å². The number of aliphatic hydroxyl groups excluding tert-OH is 1. The van der Waals surface area contributed by atoms with Gasteiger partial charge in [0.15, 0.2) is 6.10 Å². The predicted molar refractivity (Wildman–Crippen MR) is 70.0 cm³/mol. The number of carbonyl (C=O) groups is 1. The summed E-state index contributed by atoms with van der Waals surface area (Å²) in [5, 5.41) is 9.94. The highest BCUT2D eigenvalue weighted by Gasteiger charge is 2.21. The molecule has 100 valence electrons. The molecular weight excluding hydrogens is 230 g/mol. The number of aliphatic hydroxyl groups is 1. The predicted octanol–water partition coefficient (Wildman–Crippen LogP) is 1.73. The summed E-state index contributed by atoms with van der Waals surface area (Å²) in [5.41, 5.74) is 1.58. The zero-order valence-electron chi connectivity index (χ0n) is 11.2. The SMILES string of the molecule is CCN(CC)Cc1ccccc1C(O)C(=O)OC. The molecule has 1 aromatic rings. The van der Waals surface area contributed by atoms with Gasteiger partial charge in [0.25, 0.3) is 0 Å². The minimum absolute atomic E-state index is 0.622. The zero-order chi connectivity index (χ0) is 13.5. The van der Waals surface area contributed by atoms with Gasteiger partial charge in [-0.25, -0.2) is 4.79 Å². The van der Waals surface area contributed by atoms with E-state index in [-0.39, 0.29) is 0 Å². The van der Waals surface area contributed by atoms with Gasteiger partial charge in [0, 0.05) is 6.54 Å². The zero-order valence-corrected chi connectivity index (χ0v) is 11.2. The van der Waals surface area contributed by atoms with Crippen molar-refractivity contribution in [3.63, 3.8) is 0 Å². The summed E-state index contributed by atoms with van der Waals surface area (Å²) in [6.07, 6.45) is -1.21. The monoisotopic (exact) mass is 251 g/mol. The van der Waals surface area contributed by atoms with Crippen molar-refractivity contribution < 1.29 is 14.6 Å². The Kier molecular flexibility index (Phi) is 5.82. The lowest BCUT2D eigenvalue weighted by Gasteiger charge is -2.21. The summed E-state index contributed by atoms with van der Waals surface area (Å²) in [6, 6.07) is 7.42. The number of carbonyl (C=O) groups excluding carboxylic acids is 1. The first-order valence-corrected chi connectivity index (χ1v) is 6.20. The summed E-state index contributed by atoms with van der Waals surface area (Å²) in [5.74, 6) is -0.623. The van der Waals surface area contributed by atoms with Gasteiger partial charge in [-0.05, 0) is 24.2 Å². The van der Waals surface area contributed by atoms with E-state index < -0.39 is 12.1 Å². The van der Waals surface area contributed by atoms with E-state index in [2.05, 4.69) is 23.5 Å². The lowest BCUT2D eigenvalue weighted by atomic mass is 10.0. The third-order valence-electron chi connectivity index (χ3n) is 3.06. The molecule has 0 aromatic heterocycles. The molecule has 1 aromatic carbocycles. The highest BCUT2D eigenvalue weighted by molar-refractivity contribution is 5.76. The average Bonchev–Trinajstić information content (AvgIpc) is 2.43. The van der Waals surface area contributed by atoms with Gasteiger partial charge in [0.2, 0.25) is 0 Å². The van der Waals surface area contributed by atoms with Crippen molar-refractivity contribution in [2.24, 2.45) is 0 Å². The van der Waals surface area contributed by atoms with Crippen LogP contribution < -0.4 is 0 Å². The van der Waals surface area contributed by atoms with E-state index in [9.17, 15) is 9.90 Å². The van der Waals surface area contributed by atoms with E-state index in [1.165, 1.54) is 7.11 Å². The second-order valence-electron chi connectivity index (χ2n) is 4.09. The van der Waals surface area contributed by atoms with Crippen LogP contribution in [-0.4, -0.2) is 36.2 Å². The molecule has 0 heterocycles. The Bertz CT molecular complexity index is 388. The summed E-state index contributed by atoms with van der Waals surface area (Å²) >= 11 is 0. The quantitative estimate of drug-likeness (QED) is 0.782. The van der Waals surface area contributed by atoms with Crippen LogP contribution in [0.3, 0.4) is 0 Å². The number of nitrogens with zero attached hydrogens (tertiary/aromatic N) is 1. The Morgan fingerprint density at radius 3 is 2.50 bits per heavy atom. The van der Waals surface area contributed by atoms with Crippen LogP contribution in [0, 0.1) is 0 Å². The number of esters is 1. The highest BCUT2D eigenvalue weighted by Crippen LogP contribution is 2.20. The van der Waals surface area contributed by atoms with Gasteiger partial charge in [-0.3, -0.25) is 4.90 Å².